The summed E-state index contributed by atoms with van der Waals surface area (Å²) in [7, 11) is 0. The zero-order chi connectivity index (χ0) is 12.3. The molecule has 0 spiro atoms. The Balaban J connectivity index is 2.02. The van der Waals surface area contributed by atoms with Crippen molar-refractivity contribution in [1.82, 2.24) is 0 Å². The molecule has 0 bridgehead atoms. The third-order valence-electron chi connectivity index (χ3n) is 2.99. The van der Waals surface area contributed by atoms with Crippen LogP contribution in [0.4, 0.5) is 5.69 Å². The molecule has 0 saturated carbocycles. The summed E-state index contributed by atoms with van der Waals surface area (Å²) >= 11 is 3.40. The van der Waals surface area contributed by atoms with Gasteiger partial charge in [-0.05, 0) is 30.0 Å². The lowest BCUT2D eigenvalue weighted by Gasteiger charge is -2.14. The second-order valence-electron chi connectivity index (χ2n) is 4.38. The second kappa shape index (κ2) is 5.65. The molecule has 1 saturated heterocycles. The van der Waals surface area contributed by atoms with E-state index in [9.17, 15) is 4.79 Å². The van der Waals surface area contributed by atoms with Gasteiger partial charge in [0.15, 0.2) is 0 Å². The fraction of sp³-hybridized carbons (Fsp3) is 0.462. The van der Waals surface area contributed by atoms with Crippen molar-refractivity contribution in [3.63, 3.8) is 0 Å². The zero-order valence-electron chi connectivity index (χ0n) is 9.78. The van der Waals surface area contributed by atoms with Crippen molar-refractivity contribution in [2.24, 2.45) is 5.92 Å². The van der Waals surface area contributed by atoms with Crippen LogP contribution in [0.15, 0.2) is 24.3 Å². The molecule has 1 fully saturated rings. The molecule has 2 atom stereocenters. The number of anilines is 1. The number of carbonyl (C=O) groups is 1. The monoisotopic (exact) mass is 297 g/mol. The maximum atomic E-state index is 12.0. The van der Waals surface area contributed by atoms with Crippen LogP contribution in [0.25, 0.3) is 0 Å². The summed E-state index contributed by atoms with van der Waals surface area (Å²) in [5, 5.41) is 3.69. The summed E-state index contributed by atoms with van der Waals surface area (Å²) in [6.07, 6.45) is 0.655. The van der Waals surface area contributed by atoms with Gasteiger partial charge in [-0.15, -0.1) is 0 Å². The highest BCUT2D eigenvalue weighted by atomic mass is 79.9. The Morgan fingerprint density at radius 3 is 3.06 bits per heavy atom. The van der Waals surface area contributed by atoms with Gasteiger partial charge >= 0.3 is 0 Å². The molecule has 1 aromatic carbocycles. The van der Waals surface area contributed by atoms with Crippen LogP contribution in [0.3, 0.4) is 0 Å². The van der Waals surface area contributed by atoms with Crippen LogP contribution in [0.5, 0.6) is 0 Å². The molecule has 1 heterocycles. The van der Waals surface area contributed by atoms with Gasteiger partial charge in [0.2, 0.25) is 0 Å². The van der Waals surface area contributed by atoms with Crippen LogP contribution in [0, 0.1) is 5.92 Å². The fourth-order valence-corrected chi connectivity index (χ4v) is 2.33. The van der Waals surface area contributed by atoms with E-state index in [2.05, 4.69) is 21.2 Å². The number of alkyl halides is 1. The van der Waals surface area contributed by atoms with Gasteiger partial charge in [-0.3, -0.25) is 4.79 Å². The van der Waals surface area contributed by atoms with Gasteiger partial charge in [0.25, 0.3) is 5.91 Å². The third-order valence-corrected chi connectivity index (χ3v) is 3.64. The summed E-state index contributed by atoms with van der Waals surface area (Å²) in [4.78, 5) is 12.0. The van der Waals surface area contributed by atoms with Gasteiger partial charge in [0.05, 0.1) is 0 Å². The molecule has 0 aromatic heterocycles. The van der Waals surface area contributed by atoms with Crippen LogP contribution in [0.1, 0.15) is 18.9 Å². The maximum Gasteiger partial charge on any atom is 0.253 e. The summed E-state index contributed by atoms with van der Waals surface area (Å²) in [6.45, 7) is 2.73. The Morgan fingerprint density at radius 2 is 2.41 bits per heavy atom. The SMILES string of the molecule is CC1CCOC1C(=O)Nc1cccc(CBr)c1. The van der Waals surface area contributed by atoms with Crippen LogP contribution >= 0.6 is 15.9 Å². The normalized spacial score (nSPS) is 23.6. The molecule has 2 unspecified atom stereocenters. The first kappa shape index (κ1) is 12.6. The largest absolute Gasteiger partial charge is 0.368 e. The number of hydrogen-bond acceptors (Lipinski definition) is 2. The number of amides is 1. The standard InChI is InChI=1S/C13H16BrNO2/c1-9-5-6-17-12(9)13(16)15-11-4-2-3-10(7-11)8-14/h2-4,7,9,12H,5-6,8H2,1H3,(H,15,16). The highest BCUT2D eigenvalue weighted by molar-refractivity contribution is 9.08. The van der Waals surface area contributed by atoms with E-state index in [1.165, 1.54) is 0 Å². The number of carbonyl (C=O) groups excluding carboxylic acids is 1. The van der Waals surface area contributed by atoms with Crippen LogP contribution < -0.4 is 5.32 Å². The Morgan fingerprint density at radius 1 is 1.59 bits per heavy atom. The molecule has 0 radical (unpaired) electrons. The number of nitrogens with one attached hydrogen (secondary N) is 1. The second-order valence-corrected chi connectivity index (χ2v) is 4.94. The third kappa shape index (κ3) is 3.07. The van der Waals surface area contributed by atoms with Gasteiger partial charge in [0.1, 0.15) is 6.10 Å². The molecular formula is C13H16BrNO2. The predicted octanol–water partition coefficient (Wildman–Crippen LogP) is 2.95. The lowest BCUT2D eigenvalue weighted by atomic mass is 10.0. The smallest absolute Gasteiger partial charge is 0.253 e. The van der Waals surface area contributed by atoms with Gasteiger partial charge in [-0.25, -0.2) is 0 Å². The van der Waals surface area contributed by atoms with Crippen molar-refractivity contribution < 1.29 is 9.53 Å². The van der Waals surface area contributed by atoms with Gasteiger partial charge in [-0.2, -0.15) is 0 Å². The van der Waals surface area contributed by atoms with E-state index in [0.29, 0.717) is 12.5 Å². The van der Waals surface area contributed by atoms with Crippen molar-refractivity contribution in [2.75, 3.05) is 11.9 Å². The van der Waals surface area contributed by atoms with Crippen LogP contribution in [-0.2, 0) is 14.9 Å². The number of rotatable bonds is 3. The van der Waals surface area contributed by atoms with Crippen molar-refractivity contribution in [2.45, 2.75) is 24.8 Å². The number of hydrogen-bond donors (Lipinski definition) is 1. The fourth-order valence-electron chi connectivity index (χ4n) is 1.98. The van der Waals surface area contributed by atoms with Crippen molar-refractivity contribution >= 4 is 27.5 Å². The van der Waals surface area contributed by atoms with Gasteiger partial charge < -0.3 is 10.1 Å². The first-order valence-electron chi connectivity index (χ1n) is 5.78. The van der Waals surface area contributed by atoms with Crippen molar-refractivity contribution in [1.29, 1.82) is 0 Å². The first-order valence-corrected chi connectivity index (χ1v) is 6.90. The number of halogens is 1. The first-order chi connectivity index (χ1) is 8.20. The van der Waals surface area contributed by atoms with E-state index >= 15 is 0 Å². The van der Waals surface area contributed by atoms with Crippen molar-refractivity contribution in [3.05, 3.63) is 29.8 Å². The molecule has 1 aromatic rings. The summed E-state index contributed by atoms with van der Waals surface area (Å²) in [6, 6.07) is 7.81. The number of benzene rings is 1. The van der Waals surface area contributed by atoms with E-state index in [4.69, 9.17) is 4.74 Å². The lowest BCUT2D eigenvalue weighted by molar-refractivity contribution is -0.126. The zero-order valence-corrected chi connectivity index (χ0v) is 11.4. The maximum absolute atomic E-state index is 12.0. The summed E-state index contributed by atoms with van der Waals surface area (Å²) < 4.78 is 5.43. The topological polar surface area (TPSA) is 38.3 Å². The number of ether oxygens (including phenoxy) is 1. The molecule has 17 heavy (non-hydrogen) atoms. The van der Waals surface area contributed by atoms with E-state index in [0.717, 1.165) is 23.0 Å². The molecule has 2 rings (SSSR count). The summed E-state index contributed by atoms with van der Waals surface area (Å²) in [5.74, 6) is 0.260. The van der Waals surface area contributed by atoms with Crippen molar-refractivity contribution in [3.8, 4) is 0 Å². The predicted molar refractivity (Wildman–Crippen MR) is 71.2 cm³/mol. The molecular weight excluding hydrogens is 282 g/mol. The minimum absolute atomic E-state index is 0.0401. The molecule has 3 nitrogen and oxygen atoms in total. The summed E-state index contributed by atoms with van der Waals surface area (Å²) in [5.41, 5.74) is 1.97. The lowest BCUT2D eigenvalue weighted by Crippen LogP contribution is -2.31. The average Bonchev–Trinajstić information content (AvgIpc) is 2.76. The minimum atomic E-state index is -0.303. The Hall–Kier alpha value is -0.870. The molecule has 4 heteroatoms. The molecule has 1 N–H and O–H groups in total. The molecule has 1 aliphatic rings. The Bertz CT molecular complexity index is 408. The molecule has 1 aliphatic heterocycles. The van der Waals surface area contributed by atoms with Crippen LogP contribution in [0.2, 0.25) is 0 Å². The highest BCUT2D eigenvalue weighted by Gasteiger charge is 2.30. The minimum Gasteiger partial charge on any atom is -0.368 e. The van der Waals surface area contributed by atoms with Crippen LogP contribution in [-0.4, -0.2) is 18.6 Å². The van der Waals surface area contributed by atoms with E-state index in [1.54, 1.807) is 0 Å². The quantitative estimate of drug-likeness (QED) is 0.871. The van der Waals surface area contributed by atoms with Gasteiger partial charge in [-0.1, -0.05) is 35.0 Å². The van der Waals surface area contributed by atoms with E-state index in [-0.39, 0.29) is 12.0 Å². The molecule has 1 amide bonds. The average molecular weight is 298 g/mol. The Kier molecular flexibility index (Phi) is 4.18. The Labute approximate surface area is 110 Å². The van der Waals surface area contributed by atoms with E-state index in [1.807, 2.05) is 31.2 Å². The van der Waals surface area contributed by atoms with E-state index < -0.39 is 0 Å². The molecule has 0 aliphatic carbocycles. The van der Waals surface area contributed by atoms with Gasteiger partial charge in [0, 0.05) is 17.6 Å². The highest BCUT2D eigenvalue weighted by Crippen LogP contribution is 2.22. The molecule has 92 valence electrons.